The molecule has 2 N–H and O–H groups in total. The molecular formula is C13H17ClN2O. The molecule has 17 heavy (non-hydrogen) atoms. The average molecular weight is 253 g/mol. The van der Waals surface area contributed by atoms with Crippen LogP contribution >= 0.6 is 12.4 Å². The summed E-state index contributed by atoms with van der Waals surface area (Å²) in [4.78, 5) is 0. The molecule has 4 heteroatoms. The van der Waals surface area contributed by atoms with Gasteiger partial charge in [0.05, 0.1) is 11.6 Å². The van der Waals surface area contributed by atoms with Gasteiger partial charge in [-0.3, -0.25) is 0 Å². The van der Waals surface area contributed by atoms with Gasteiger partial charge in [-0.25, -0.2) is 0 Å². The van der Waals surface area contributed by atoms with Crippen LogP contribution in [-0.2, 0) is 4.74 Å². The van der Waals surface area contributed by atoms with E-state index in [1.54, 1.807) is 6.07 Å². The fourth-order valence-electron chi connectivity index (χ4n) is 2.16. The maximum atomic E-state index is 8.84. The minimum Gasteiger partial charge on any atom is -0.381 e. The summed E-state index contributed by atoms with van der Waals surface area (Å²) in [6, 6.07) is 9.76. The van der Waals surface area contributed by atoms with Gasteiger partial charge < -0.3 is 10.5 Å². The summed E-state index contributed by atoms with van der Waals surface area (Å²) in [6.45, 7) is 1.60. The van der Waals surface area contributed by atoms with E-state index in [0.29, 0.717) is 11.5 Å². The quantitative estimate of drug-likeness (QED) is 0.879. The van der Waals surface area contributed by atoms with E-state index in [2.05, 4.69) is 6.07 Å². The largest absolute Gasteiger partial charge is 0.381 e. The summed E-state index contributed by atoms with van der Waals surface area (Å²) in [7, 11) is 0. The van der Waals surface area contributed by atoms with Gasteiger partial charge in [-0.1, -0.05) is 12.1 Å². The lowest BCUT2D eigenvalue weighted by atomic mass is 9.87. The van der Waals surface area contributed by atoms with Crippen LogP contribution in [-0.4, -0.2) is 13.2 Å². The summed E-state index contributed by atoms with van der Waals surface area (Å²) >= 11 is 0. The van der Waals surface area contributed by atoms with Crippen molar-refractivity contribution in [3.05, 3.63) is 35.4 Å². The van der Waals surface area contributed by atoms with Crippen LogP contribution in [0.25, 0.3) is 0 Å². The molecule has 1 fully saturated rings. The summed E-state index contributed by atoms with van der Waals surface area (Å²) in [5.74, 6) is 0.475. The van der Waals surface area contributed by atoms with Crippen molar-refractivity contribution in [2.45, 2.75) is 18.9 Å². The third-order valence-electron chi connectivity index (χ3n) is 3.17. The van der Waals surface area contributed by atoms with Gasteiger partial charge >= 0.3 is 0 Å². The van der Waals surface area contributed by atoms with E-state index in [1.807, 2.05) is 18.2 Å². The average Bonchev–Trinajstić information content (AvgIpc) is 2.39. The van der Waals surface area contributed by atoms with Crippen molar-refractivity contribution in [1.82, 2.24) is 0 Å². The van der Waals surface area contributed by atoms with Crippen molar-refractivity contribution in [2.24, 2.45) is 11.7 Å². The van der Waals surface area contributed by atoms with E-state index in [0.717, 1.165) is 31.6 Å². The van der Waals surface area contributed by atoms with Gasteiger partial charge in [0.25, 0.3) is 0 Å². The molecular weight excluding hydrogens is 236 g/mol. The zero-order valence-corrected chi connectivity index (χ0v) is 10.5. The predicted molar refractivity (Wildman–Crippen MR) is 68.9 cm³/mol. The van der Waals surface area contributed by atoms with Crippen LogP contribution in [0.4, 0.5) is 0 Å². The Morgan fingerprint density at radius 3 is 2.71 bits per heavy atom. The molecule has 1 heterocycles. The highest BCUT2D eigenvalue weighted by Gasteiger charge is 2.22. The number of nitrogens with zero attached hydrogens (tertiary/aromatic N) is 1. The van der Waals surface area contributed by atoms with E-state index >= 15 is 0 Å². The number of benzene rings is 1. The molecule has 0 spiro atoms. The van der Waals surface area contributed by atoms with Gasteiger partial charge in [-0.2, -0.15) is 5.26 Å². The second-order valence-electron chi connectivity index (χ2n) is 4.21. The number of rotatable bonds is 2. The molecule has 1 aliphatic heterocycles. The first kappa shape index (κ1) is 14.0. The van der Waals surface area contributed by atoms with Gasteiger partial charge in [0.15, 0.2) is 0 Å². The maximum Gasteiger partial charge on any atom is 0.0991 e. The van der Waals surface area contributed by atoms with E-state index < -0.39 is 0 Å². The Morgan fingerprint density at radius 1 is 1.35 bits per heavy atom. The van der Waals surface area contributed by atoms with Crippen molar-refractivity contribution in [3.8, 4) is 6.07 Å². The summed E-state index contributed by atoms with van der Waals surface area (Å²) in [6.07, 6.45) is 2.02. The van der Waals surface area contributed by atoms with Crippen molar-refractivity contribution >= 4 is 12.4 Å². The molecule has 1 saturated heterocycles. The van der Waals surface area contributed by atoms with E-state index in [1.165, 1.54) is 0 Å². The monoisotopic (exact) mass is 252 g/mol. The fraction of sp³-hybridized carbons (Fsp3) is 0.462. The van der Waals surface area contributed by atoms with Crippen LogP contribution in [0.5, 0.6) is 0 Å². The minimum absolute atomic E-state index is 0. The molecule has 0 radical (unpaired) electrons. The molecule has 3 nitrogen and oxygen atoms in total. The third kappa shape index (κ3) is 3.44. The Hall–Kier alpha value is -1.08. The van der Waals surface area contributed by atoms with Crippen molar-refractivity contribution in [1.29, 1.82) is 5.26 Å². The maximum absolute atomic E-state index is 8.84. The number of hydrogen-bond donors (Lipinski definition) is 1. The van der Waals surface area contributed by atoms with Crippen molar-refractivity contribution < 1.29 is 4.74 Å². The molecule has 2 rings (SSSR count). The van der Waals surface area contributed by atoms with Gasteiger partial charge in [0.2, 0.25) is 0 Å². The second-order valence-corrected chi connectivity index (χ2v) is 4.21. The molecule has 0 saturated carbocycles. The number of hydrogen-bond acceptors (Lipinski definition) is 3. The lowest BCUT2D eigenvalue weighted by Crippen LogP contribution is -2.27. The molecule has 0 aromatic heterocycles. The molecule has 0 amide bonds. The predicted octanol–water partition coefficient (Wildman–Crippen LogP) is 2.41. The molecule has 0 aliphatic carbocycles. The molecule has 1 aromatic carbocycles. The highest BCUT2D eigenvalue weighted by molar-refractivity contribution is 5.85. The molecule has 0 unspecified atom stereocenters. The number of ether oxygens (including phenoxy) is 1. The molecule has 0 bridgehead atoms. The fourth-order valence-corrected chi connectivity index (χ4v) is 2.16. The lowest BCUT2D eigenvalue weighted by Gasteiger charge is -2.27. The zero-order valence-electron chi connectivity index (χ0n) is 9.63. The first-order valence-corrected chi connectivity index (χ1v) is 5.64. The SMILES string of the molecule is Cl.N#Cc1cccc([C@H](N)C2CCOCC2)c1. The van der Waals surface area contributed by atoms with Gasteiger partial charge in [0.1, 0.15) is 0 Å². The van der Waals surface area contributed by atoms with E-state index in [9.17, 15) is 0 Å². The van der Waals surface area contributed by atoms with Crippen LogP contribution in [0.3, 0.4) is 0 Å². The van der Waals surface area contributed by atoms with E-state index in [-0.39, 0.29) is 18.4 Å². The number of nitrogens with two attached hydrogens (primary N) is 1. The Labute approximate surface area is 108 Å². The molecule has 1 atom stereocenters. The first-order chi connectivity index (χ1) is 7.81. The van der Waals surface area contributed by atoms with Crippen LogP contribution in [0.1, 0.15) is 30.0 Å². The standard InChI is InChI=1S/C13H16N2O.ClH/c14-9-10-2-1-3-12(8-10)13(15)11-4-6-16-7-5-11;/h1-3,8,11,13H,4-7,15H2;1H/t13-;/m1./s1. The number of halogens is 1. The molecule has 92 valence electrons. The summed E-state index contributed by atoms with van der Waals surface area (Å²) < 4.78 is 5.32. The minimum atomic E-state index is 0. The third-order valence-corrected chi connectivity index (χ3v) is 3.17. The summed E-state index contributed by atoms with van der Waals surface area (Å²) in [5, 5.41) is 8.84. The Kier molecular flexibility index (Phi) is 5.43. The smallest absolute Gasteiger partial charge is 0.0991 e. The zero-order chi connectivity index (χ0) is 11.4. The molecule has 1 aromatic rings. The van der Waals surface area contributed by atoms with Crippen LogP contribution in [0.2, 0.25) is 0 Å². The molecule has 1 aliphatic rings. The Balaban J connectivity index is 0.00000144. The van der Waals surface area contributed by atoms with Crippen LogP contribution < -0.4 is 5.73 Å². The van der Waals surface area contributed by atoms with Crippen molar-refractivity contribution in [3.63, 3.8) is 0 Å². The number of nitriles is 1. The normalized spacial score (nSPS) is 17.9. The summed E-state index contributed by atoms with van der Waals surface area (Å²) in [5.41, 5.74) is 7.97. The first-order valence-electron chi connectivity index (χ1n) is 5.64. The van der Waals surface area contributed by atoms with E-state index in [4.69, 9.17) is 15.7 Å². The highest BCUT2D eigenvalue weighted by Crippen LogP contribution is 2.28. The van der Waals surface area contributed by atoms with Gasteiger partial charge in [-0.15, -0.1) is 12.4 Å². The van der Waals surface area contributed by atoms with Gasteiger partial charge in [-0.05, 0) is 36.5 Å². The van der Waals surface area contributed by atoms with Crippen LogP contribution in [0.15, 0.2) is 24.3 Å². The second kappa shape index (κ2) is 6.61. The Morgan fingerprint density at radius 2 is 2.06 bits per heavy atom. The topological polar surface area (TPSA) is 59.0 Å². The van der Waals surface area contributed by atoms with Crippen molar-refractivity contribution in [2.75, 3.05) is 13.2 Å². The lowest BCUT2D eigenvalue weighted by molar-refractivity contribution is 0.0584. The van der Waals surface area contributed by atoms with Crippen LogP contribution in [0, 0.1) is 17.2 Å². The highest BCUT2D eigenvalue weighted by atomic mass is 35.5. The Bertz CT molecular complexity index is 397. The van der Waals surface area contributed by atoms with Gasteiger partial charge in [0, 0.05) is 19.3 Å².